The van der Waals surface area contributed by atoms with Crippen LogP contribution >= 0.6 is 0 Å². The van der Waals surface area contributed by atoms with Gasteiger partial charge in [-0.25, -0.2) is 4.98 Å². The van der Waals surface area contributed by atoms with E-state index in [2.05, 4.69) is 15.5 Å². The molecule has 2 aromatic carbocycles. The van der Waals surface area contributed by atoms with Crippen LogP contribution in [0.1, 0.15) is 46.4 Å². The molecule has 0 aliphatic heterocycles. The standard InChI is InChI=1S/C24H22N4O2/c1-15-21(24(29)25-14-13-20-27-23(28-30-20)17-11-12-17)18-9-5-6-10-19(18)26-22(15)16-7-3-2-4-8-16/h2-10,17H,11-14H2,1H3,(H,25,29). The Labute approximate surface area is 174 Å². The maximum absolute atomic E-state index is 13.2. The van der Waals surface area contributed by atoms with Gasteiger partial charge in [-0.05, 0) is 31.4 Å². The monoisotopic (exact) mass is 398 g/mol. The van der Waals surface area contributed by atoms with Crippen molar-refractivity contribution in [2.45, 2.75) is 32.1 Å². The van der Waals surface area contributed by atoms with E-state index in [1.807, 2.05) is 61.5 Å². The van der Waals surface area contributed by atoms with Gasteiger partial charge in [0.2, 0.25) is 5.89 Å². The zero-order chi connectivity index (χ0) is 20.5. The van der Waals surface area contributed by atoms with E-state index < -0.39 is 0 Å². The molecule has 0 saturated heterocycles. The minimum Gasteiger partial charge on any atom is -0.351 e. The van der Waals surface area contributed by atoms with Crippen molar-refractivity contribution in [3.63, 3.8) is 0 Å². The predicted octanol–water partition coefficient (Wildman–Crippen LogP) is 4.44. The molecule has 0 unspecified atom stereocenters. The maximum Gasteiger partial charge on any atom is 0.252 e. The van der Waals surface area contributed by atoms with Crippen molar-refractivity contribution in [1.82, 2.24) is 20.4 Å². The van der Waals surface area contributed by atoms with Gasteiger partial charge in [0.1, 0.15) is 0 Å². The van der Waals surface area contributed by atoms with Gasteiger partial charge in [0.05, 0.1) is 16.8 Å². The lowest BCUT2D eigenvalue weighted by Gasteiger charge is -2.14. The normalized spacial score (nSPS) is 13.5. The third-order valence-corrected chi connectivity index (χ3v) is 5.46. The van der Waals surface area contributed by atoms with Crippen LogP contribution in [0.4, 0.5) is 0 Å². The second-order valence-corrected chi connectivity index (χ2v) is 7.67. The number of pyridine rings is 1. The van der Waals surface area contributed by atoms with Crippen LogP contribution in [0.3, 0.4) is 0 Å². The summed E-state index contributed by atoms with van der Waals surface area (Å²) in [4.78, 5) is 22.4. The first-order valence-electron chi connectivity index (χ1n) is 10.3. The second kappa shape index (κ2) is 7.71. The molecule has 30 heavy (non-hydrogen) atoms. The van der Waals surface area contributed by atoms with Crippen LogP contribution in [0.2, 0.25) is 0 Å². The Kier molecular flexibility index (Phi) is 4.75. The number of benzene rings is 2. The fourth-order valence-electron chi connectivity index (χ4n) is 3.73. The SMILES string of the molecule is Cc1c(-c2ccccc2)nc2ccccc2c1C(=O)NCCc1nc(C2CC2)no1. The van der Waals surface area contributed by atoms with Crippen LogP contribution in [-0.2, 0) is 6.42 Å². The summed E-state index contributed by atoms with van der Waals surface area (Å²) >= 11 is 0. The zero-order valence-corrected chi connectivity index (χ0v) is 16.8. The van der Waals surface area contributed by atoms with Crippen molar-refractivity contribution in [1.29, 1.82) is 0 Å². The number of hydrogen-bond donors (Lipinski definition) is 1. The number of rotatable bonds is 6. The number of para-hydroxylation sites is 1. The van der Waals surface area contributed by atoms with E-state index in [1.54, 1.807) is 0 Å². The Balaban J connectivity index is 1.41. The summed E-state index contributed by atoms with van der Waals surface area (Å²) in [7, 11) is 0. The van der Waals surface area contributed by atoms with Crippen molar-refractivity contribution < 1.29 is 9.32 Å². The van der Waals surface area contributed by atoms with Crippen LogP contribution in [-0.4, -0.2) is 27.6 Å². The van der Waals surface area contributed by atoms with Crippen molar-refractivity contribution in [2.75, 3.05) is 6.54 Å². The summed E-state index contributed by atoms with van der Waals surface area (Å²) < 4.78 is 5.30. The third-order valence-electron chi connectivity index (χ3n) is 5.46. The Morgan fingerprint density at radius 2 is 1.83 bits per heavy atom. The zero-order valence-electron chi connectivity index (χ0n) is 16.8. The molecule has 1 amide bonds. The van der Waals surface area contributed by atoms with Crippen LogP contribution in [0.15, 0.2) is 59.1 Å². The average molecular weight is 398 g/mol. The number of fused-ring (bicyclic) bond motifs is 1. The molecule has 1 aliphatic carbocycles. The fraction of sp³-hybridized carbons (Fsp3) is 0.250. The Hall–Kier alpha value is -3.54. The minimum atomic E-state index is -0.120. The van der Waals surface area contributed by atoms with E-state index >= 15 is 0 Å². The van der Waals surface area contributed by atoms with Gasteiger partial charge >= 0.3 is 0 Å². The third kappa shape index (κ3) is 3.56. The van der Waals surface area contributed by atoms with E-state index in [-0.39, 0.29) is 5.91 Å². The van der Waals surface area contributed by atoms with E-state index in [9.17, 15) is 4.79 Å². The second-order valence-electron chi connectivity index (χ2n) is 7.67. The molecule has 1 aliphatic rings. The van der Waals surface area contributed by atoms with Gasteiger partial charge in [0.15, 0.2) is 5.82 Å². The molecule has 1 saturated carbocycles. The van der Waals surface area contributed by atoms with Gasteiger partial charge in [-0.15, -0.1) is 0 Å². The number of nitrogens with zero attached hydrogens (tertiary/aromatic N) is 3. The van der Waals surface area contributed by atoms with Crippen molar-refractivity contribution in [3.05, 3.63) is 77.4 Å². The van der Waals surface area contributed by atoms with Crippen LogP contribution < -0.4 is 5.32 Å². The molecule has 1 N–H and O–H groups in total. The molecule has 0 radical (unpaired) electrons. The first-order valence-corrected chi connectivity index (χ1v) is 10.3. The number of hydrogen-bond acceptors (Lipinski definition) is 5. The summed E-state index contributed by atoms with van der Waals surface area (Å²) in [6.45, 7) is 2.39. The summed E-state index contributed by atoms with van der Waals surface area (Å²) in [5.41, 5.74) is 4.15. The van der Waals surface area contributed by atoms with E-state index in [0.717, 1.165) is 46.4 Å². The molecular formula is C24H22N4O2. The minimum absolute atomic E-state index is 0.120. The van der Waals surface area contributed by atoms with Gasteiger partial charge in [-0.2, -0.15) is 4.98 Å². The molecule has 0 bridgehead atoms. The van der Waals surface area contributed by atoms with E-state index in [1.165, 1.54) is 0 Å². The highest BCUT2D eigenvalue weighted by Gasteiger charge is 2.28. The summed E-state index contributed by atoms with van der Waals surface area (Å²) in [5, 5.41) is 7.89. The first kappa shape index (κ1) is 18.5. The van der Waals surface area contributed by atoms with Gasteiger partial charge in [-0.1, -0.05) is 53.7 Å². The van der Waals surface area contributed by atoms with E-state index in [0.29, 0.717) is 30.3 Å². The van der Waals surface area contributed by atoms with Gasteiger partial charge in [-0.3, -0.25) is 4.79 Å². The number of carbonyl (C=O) groups is 1. The molecule has 6 heteroatoms. The lowest BCUT2D eigenvalue weighted by atomic mass is 9.97. The maximum atomic E-state index is 13.2. The summed E-state index contributed by atoms with van der Waals surface area (Å²) in [5.74, 6) is 1.70. The van der Waals surface area contributed by atoms with Gasteiger partial charge in [0.25, 0.3) is 5.91 Å². The lowest BCUT2D eigenvalue weighted by Crippen LogP contribution is -2.27. The van der Waals surface area contributed by atoms with Gasteiger partial charge < -0.3 is 9.84 Å². The molecule has 150 valence electrons. The molecule has 4 aromatic rings. The topological polar surface area (TPSA) is 80.9 Å². The van der Waals surface area contributed by atoms with Gasteiger partial charge in [0, 0.05) is 29.8 Å². The molecule has 2 aromatic heterocycles. The lowest BCUT2D eigenvalue weighted by molar-refractivity contribution is 0.0954. The molecule has 5 rings (SSSR count). The first-order chi connectivity index (χ1) is 14.7. The highest BCUT2D eigenvalue weighted by Crippen LogP contribution is 2.38. The molecular weight excluding hydrogens is 376 g/mol. The fourth-order valence-corrected chi connectivity index (χ4v) is 3.73. The number of amides is 1. The molecule has 2 heterocycles. The Bertz CT molecular complexity index is 1210. The highest BCUT2D eigenvalue weighted by atomic mass is 16.5. The van der Waals surface area contributed by atoms with Crippen molar-refractivity contribution >= 4 is 16.8 Å². The van der Waals surface area contributed by atoms with Crippen LogP contribution in [0.5, 0.6) is 0 Å². The summed E-state index contributed by atoms with van der Waals surface area (Å²) in [6, 6.07) is 17.7. The average Bonchev–Trinajstić information content (AvgIpc) is 3.52. The van der Waals surface area contributed by atoms with Crippen LogP contribution in [0.25, 0.3) is 22.2 Å². The number of carbonyl (C=O) groups excluding carboxylic acids is 1. The van der Waals surface area contributed by atoms with Crippen molar-refractivity contribution in [2.24, 2.45) is 0 Å². The molecule has 1 fully saturated rings. The molecule has 6 nitrogen and oxygen atoms in total. The van der Waals surface area contributed by atoms with Crippen LogP contribution in [0, 0.1) is 6.92 Å². The largest absolute Gasteiger partial charge is 0.351 e. The molecule has 0 atom stereocenters. The number of nitrogens with one attached hydrogen (secondary N) is 1. The van der Waals surface area contributed by atoms with Crippen molar-refractivity contribution in [3.8, 4) is 11.3 Å². The predicted molar refractivity (Wildman–Crippen MR) is 114 cm³/mol. The highest BCUT2D eigenvalue weighted by molar-refractivity contribution is 6.08. The van der Waals surface area contributed by atoms with E-state index in [4.69, 9.17) is 9.51 Å². The number of aromatic nitrogens is 3. The quantitative estimate of drug-likeness (QED) is 0.519. The Morgan fingerprint density at radius 3 is 2.63 bits per heavy atom. The Morgan fingerprint density at radius 1 is 1.07 bits per heavy atom. The smallest absolute Gasteiger partial charge is 0.252 e. The molecule has 0 spiro atoms. The summed E-state index contributed by atoms with van der Waals surface area (Å²) in [6.07, 6.45) is 2.78.